The van der Waals surface area contributed by atoms with E-state index in [9.17, 15) is 23.1 Å². The van der Waals surface area contributed by atoms with E-state index in [1.54, 1.807) is 17.0 Å². The first-order valence-corrected chi connectivity index (χ1v) is 12.3. The van der Waals surface area contributed by atoms with E-state index >= 15 is 0 Å². The predicted molar refractivity (Wildman–Crippen MR) is 127 cm³/mol. The van der Waals surface area contributed by atoms with Crippen molar-refractivity contribution in [2.45, 2.75) is 49.7 Å². The van der Waals surface area contributed by atoms with E-state index in [-0.39, 0.29) is 20.4 Å². The second kappa shape index (κ2) is 9.56. The summed E-state index contributed by atoms with van der Waals surface area (Å²) in [5.41, 5.74) is 1.52. The number of likely N-dealkylation sites (tertiary alicyclic amines) is 1. The van der Waals surface area contributed by atoms with Crippen molar-refractivity contribution in [2.24, 2.45) is 5.92 Å². The molecule has 1 amide bonds. The molecular weight excluding hydrogens is 457 g/mol. The van der Waals surface area contributed by atoms with Crippen molar-refractivity contribution in [3.63, 3.8) is 0 Å². The van der Waals surface area contributed by atoms with Crippen LogP contribution in [0.1, 0.15) is 60.8 Å². The topological polar surface area (TPSA) is 53.0 Å². The van der Waals surface area contributed by atoms with Gasteiger partial charge in [-0.05, 0) is 54.9 Å². The maximum Gasteiger partial charge on any atom is 0.401 e. The molecule has 8 heteroatoms. The van der Waals surface area contributed by atoms with Crippen LogP contribution in [0.5, 0.6) is 0 Å². The van der Waals surface area contributed by atoms with Gasteiger partial charge in [-0.15, -0.1) is 0 Å². The van der Waals surface area contributed by atoms with Crippen molar-refractivity contribution >= 4 is 5.91 Å². The lowest BCUT2D eigenvalue weighted by molar-refractivity contribution is -0.205. The summed E-state index contributed by atoms with van der Waals surface area (Å²) in [6.45, 7) is 0.265. The molecule has 0 bridgehead atoms. The van der Waals surface area contributed by atoms with Crippen LogP contribution < -0.4 is 0 Å². The van der Waals surface area contributed by atoms with Crippen molar-refractivity contribution in [1.29, 1.82) is 0 Å². The van der Waals surface area contributed by atoms with Crippen LogP contribution in [-0.4, -0.2) is 65.3 Å². The summed E-state index contributed by atoms with van der Waals surface area (Å²) in [5, 5.41) is 10.3. The molecule has 0 radical (unpaired) electrons. The van der Waals surface area contributed by atoms with E-state index in [0.717, 1.165) is 24.0 Å². The lowest BCUT2D eigenvalue weighted by Gasteiger charge is -2.50. The molecule has 2 atom stereocenters. The van der Waals surface area contributed by atoms with Crippen LogP contribution in [0.3, 0.4) is 0 Å². The zero-order valence-electron chi connectivity index (χ0n) is 19.6. The van der Waals surface area contributed by atoms with Gasteiger partial charge in [-0.25, -0.2) is 0 Å². The van der Waals surface area contributed by atoms with Gasteiger partial charge in [0.1, 0.15) is 0 Å². The first kappa shape index (κ1) is 24.3. The van der Waals surface area contributed by atoms with Crippen molar-refractivity contribution in [1.82, 2.24) is 9.80 Å². The summed E-state index contributed by atoms with van der Waals surface area (Å²) >= 11 is 0. The highest BCUT2D eigenvalue weighted by Crippen LogP contribution is 2.41. The smallest absolute Gasteiger partial charge is 0.388 e. The Hall–Kier alpha value is -2.42. The fourth-order valence-electron chi connectivity index (χ4n) is 5.38. The van der Waals surface area contributed by atoms with Crippen molar-refractivity contribution in [3.8, 4) is 0 Å². The van der Waals surface area contributed by atoms with Gasteiger partial charge in [-0.2, -0.15) is 13.2 Å². The fraction of sp³-hybridized carbons (Fsp3) is 0.519. The van der Waals surface area contributed by atoms with E-state index in [1.807, 2.05) is 42.5 Å². The van der Waals surface area contributed by atoms with Gasteiger partial charge < -0.3 is 14.7 Å². The van der Waals surface area contributed by atoms with Crippen molar-refractivity contribution in [2.75, 3.05) is 32.7 Å². The number of halogens is 3. The number of hydrogen-bond donors (Lipinski definition) is 1. The van der Waals surface area contributed by atoms with Gasteiger partial charge in [0.15, 0.2) is 0 Å². The number of hydrogen-bond acceptors (Lipinski definition) is 4. The molecule has 190 valence electrons. The summed E-state index contributed by atoms with van der Waals surface area (Å²) in [6, 6.07) is 16.5. The Labute approximate surface area is 205 Å². The van der Waals surface area contributed by atoms with Crippen LogP contribution in [0.15, 0.2) is 54.6 Å². The molecule has 1 aliphatic carbocycles. The molecule has 1 saturated carbocycles. The van der Waals surface area contributed by atoms with Crippen LogP contribution in [0.4, 0.5) is 13.2 Å². The monoisotopic (exact) mass is 490 g/mol. The third-order valence-electron chi connectivity index (χ3n) is 7.43. The SMILES string of the molecule is O=C(c1ccc(C(O)C2CC2)cc1)N1CCC2(CC1)CN(CC(F)(F)F)CC(c1ccccc1)O2.[HH]. The minimum Gasteiger partial charge on any atom is -0.388 e. The molecule has 1 N–H and O–H groups in total. The van der Waals surface area contributed by atoms with Crippen LogP contribution in [0.25, 0.3) is 0 Å². The Kier molecular flexibility index (Phi) is 6.63. The fourth-order valence-corrected chi connectivity index (χ4v) is 5.38. The molecule has 2 unspecified atom stereocenters. The number of benzene rings is 2. The van der Waals surface area contributed by atoms with Gasteiger partial charge in [0.05, 0.1) is 24.4 Å². The van der Waals surface area contributed by atoms with Crippen molar-refractivity contribution in [3.05, 3.63) is 71.3 Å². The van der Waals surface area contributed by atoms with Crippen LogP contribution >= 0.6 is 0 Å². The Morgan fingerprint density at radius 1 is 1.09 bits per heavy atom. The highest BCUT2D eigenvalue weighted by Gasteiger charge is 2.46. The number of ether oxygens (including phenoxy) is 1. The molecule has 2 aromatic carbocycles. The Balaban J connectivity index is 0.00000304. The van der Waals surface area contributed by atoms with Gasteiger partial charge in [0.2, 0.25) is 0 Å². The van der Waals surface area contributed by atoms with Crippen LogP contribution in [0, 0.1) is 5.92 Å². The molecule has 2 aromatic rings. The highest BCUT2D eigenvalue weighted by molar-refractivity contribution is 5.94. The first-order chi connectivity index (χ1) is 16.7. The van der Waals surface area contributed by atoms with Crippen LogP contribution in [0.2, 0.25) is 0 Å². The molecule has 2 heterocycles. The summed E-state index contributed by atoms with van der Waals surface area (Å²) in [6.07, 6.45) is -2.18. The number of carbonyl (C=O) groups excluding carboxylic acids is 1. The van der Waals surface area contributed by atoms with Gasteiger partial charge >= 0.3 is 6.18 Å². The molecule has 5 nitrogen and oxygen atoms in total. The Bertz CT molecular complexity index is 1020. The molecule has 5 rings (SSSR count). The second-order valence-corrected chi connectivity index (χ2v) is 10.2. The minimum absolute atomic E-state index is 0. The highest BCUT2D eigenvalue weighted by atomic mass is 19.4. The lowest BCUT2D eigenvalue weighted by atomic mass is 9.87. The number of amides is 1. The number of alkyl halides is 3. The molecular formula is C27H33F3N2O3. The van der Waals surface area contributed by atoms with Crippen molar-refractivity contribution < 1.29 is 29.2 Å². The third-order valence-corrected chi connectivity index (χ3v) is 7.43. The summed E-state index contributed by atoms with van der Waals surface area (Å²) in [5.74, 6) is 0.219. The zero-order valence-corrected chi connectivity index (χ0v) is 19.6. The van der Waals surface area contributed by atoms with E-state index < -0.39 is 30.5 Å². The maximum atomic E-state index is 13.3. The average molecular weight is 491 g/mol. The largest absolute Gasteiger partial charge is 0.401 e. The molecule has 0 aromatic heterocycles. The van der Waals surface area contributed by atoms with E-state index in [2.05, 4.69) is 0 Å². The molecule has 2 aliphatic heterocycles. The van der Waals surface area contributed by atoms with Gasteiger partial charge in [-0.1, -0.05) is 42.5 Å². The van der Waals surface area contributed by atoms with Crippen LogP contribution in [-0.2, 0) is 4.74 Å². The number of morpholine rings is 1. The number of rotatable bonds is 5. The number of piperidine rings is 1. The normalized spacial score (nSPS) is 23.9. The van der Waals surface area contributed by atoms with E-state index in [1.165, 1.54) is 4.90 Å². The standard InChI is InChI=1S/C27H31F3N2O3.H2/c28-27(29,30)18-31-16-23(19-4-2-1-3-5-19)35-26(17-31)12-14-32(15-13-26)25(34)22-10-8-21(9-11-22)24(33)20-6-7-20;/h1-5,8-11,20,23-24,33H,6-7,12-18H2;1H. The molecule has 35 heavy (non-hydrogen) atoms. The number of aliphatic hydroxyl groups is 1. The summed E-state index contributed by atoms with van der Waals surface area (Å²) in [4.78, 5) is 16.3. The second-order valence-electron chi connectivity index (χ2n) is 10.2. The lowest BCUT2D eigenvalue weighted by Crippen LogP contribution is -2.59. The third kappa shape index (κ3) is 5.71. The minimum atomic E-state index is -4.28. The molecule has 1 spiro atoms. The number of aliphatic hydroxyl groups excluding tert-OH is 1. The van der Waals surface area contributed by atoms with E-state index in [4.69, 9.17) is 4.74 Å². The zero-order chi connectivity index (χ0) is 24.6. The number of carbonyl (C=O) groups is 1. The number of nitrogens with zero attached hydrogens (tertiary/aromatic N) is 2. The quantitative estimate of drug-likeness (QED) is 0.642. The van der Waals surface area contributed by atoms with Gasteiger partial charge in [0.25, 0.3) is 5.91 Å². The predicted octanol–water partition coefficient (Wildman–Crippen LogP) is 4.99. The summed E-state index contributed by atoms with van der Waals surface area (Å²) < 4.78 is 46.2. The molecule has 2 saturated heterocycles. The average Bonchev–Trinajstić information content (AvgIpc) is 3.69. The molecule has 3 aliphatic rings. The van der Waals surface area contributed by atoms with E-state index in [0.29, 0.717) is 37.4 Å². The Morgan fingerprint density at radius 2 is 1.74 bits per heavy atom. The molecule has 3 fully saturated rings. The first-order valence-electron chi connectivity index (χ1n) is 12.3. The summed E-state index contributed by atoms with van der Waals surface area (Å²) in [7, 11) is 0. The maximum absolute atomic E-state index is 13.3. The Morgan fingerprint density at radius 3 is 2.34 bits per heavy atom. The van der Waals surface area contributed by atoms with Gasteiger partial charge in [-0.3, -0.25) is 9.69 Å². The van der Waals surface area contributed by atoms with Gasteiger partial charge in [0, 0.05) is 33.2 Å².